The summed E-state index contributed by atoms with van der Waals surface area (Å²) in [5.41, 5.74) is 4.79. The molecule has 0 amide bonds. The van der Waals surface area contributed by atoms with Crippen LogP contribution in [-0.4, -0.2) is 64.1 Å². The second kappa shape index (κ2) is 13.1. The molecule has 2 aromatic carbocycles. The van der Waals surface area contributed by atoms with Crippen LogP contribution in [0.25, 0.3) is 0 Å². The largest absolute Gasteiger partial charge is 0.495 e. The fourth-order valence-corrected chi connectivity index (χ4v) is 4.63. The Kier molecular flexibility index (Phi) is 9.67. The van der Waals surface area contributed by atoms with Crippen LogP contribution in [0.3, 0.4) is 0 Å². The normalized spacial score (nSPS) is 14.5. The molecular weight excluding hydrogens is 516 g/mol. The van der Waals surface area contributed by atoms with Crippen molar-refractivity contribution < 1.29 is 18.2 Å². The first-order chi connectivity index (χ1) is 18.0. The van der Waals surface area contributed by atoms with Crippen LogP contribution in [0.5, 0.6) is 5.75 Å². The first-order valence-corrected chi connectivity index (χ1v) is 13.3. The van der Waals surface area contributed by atoms with Gasteiger partial charge in [0.1, 0.15) is 10.8 Å². The van der Waals surface area contributed by atoms with Crippen molar-refractivity contribution >= 4 is 46.0 Å². The van der Waals surface area contributed by atoms with Crippen molar-refractivity contribution in [3.8, 4) is 5.75 Å². The zero-order valence-electron chi connectivity index (χ0n) is 20.8. The monoisotopic (exact) mass is 546 g/mol. The number of fused-ring (bicyclic) bond motifs is 1. The van der Waals surface area contributed by atoms with E-state index in [4.69, 9.17) is 25.6 Å². The van der Waals surface area contributed by atoms with E-state index in [1.165, 1.54) is 17.3 Å². The van der Waals surface area contributed by atoms with Crippen LogP contribution >= 0.6 is 11.6 Å². The number of methoxy groups -OCH3 is 2. The summed E-state index contributed by atoms with van der Waals surface area (Å²) in [5, 5.41) is 6.83. The van der Waals surface area contributed by atoms with E-state index in [2.05, 4.69) is 42.4 Å². The maximum absolute atomic E-state index is 11.0. The standard InChI is InChI=1S/C25H31ClN6O4S/c1-35-12-11-32-9-7-17-13-22(23(36-2)14-18(17)8-10-32)30-25-27-16-20(26)24(31-25)29-21-6-4-3-5-19(21)15-28-37(33)34/h3-6,13-14,16,28H,7-12,15H2,1-2H3,(H,33,34)(H2,27,29,30,31). The Hall–Kier alpha value is -2.80. The number of benzene rings is 2. The third-order valence-corrected chi connectivity index (χ3v) is 6.84. The van der Waals surface area contributed by atoms with E-state index >= 15 is 0 Å². The average Bonchev–Trinajstić information content (AvgIpc) is 3.10. The summed E-state index contributed by atoms with van der Waals surface area (Å²) in [6.07, 6.45) is 3.39. The molecule has 1 unspecified atom stereocenters. The number of halogens is 1. The quantitative estimate of drug-likeness (QED) is 0.265. The SMILES string of the molecule is COCCN1CCc2cc(Nc3ncc(Cl)c(Nc4ccccc4CNS(=O)O)n3)c(OC)cc2CC1. The van der Waals surface area contributed by atoms with Gasteiger partial charge in [0.2, 0.25) is 17.2 Å². The number of aromatic nitrogens is 2. The Bertz CT molecular complexity index is 1250. The molecule has 1 aliphatic rings. The van der Waals surface area contributed by atoms with Gasteiger partial charge in [-0.05, 0) is 47.7 Å². The number of para-hydroxylation sites is 1. The molecule has 0 fully saturated rings. The smallest absolute Gasteiger partial charge is 0.232 e. The third kappa shape index (κ3) is 7.37. The molecule has 1 atom stereocenters. The second-order valence-corrected chi connectivity index (χ2v) is 9.72. The predicted octanol–water partition coefficient (Wildman–Crippen LogP) is 3.90. The van der Waals surface area contributed by atoms with Crippen molar-refractivity contribution in [2.24, 2.45) is 0 Å². The van der Waals surface area contributed by atoms with Crippen molar-refractivity contribution in [3.63, 3.8) is 0 Å². The molecule has 4 rings (SSSR count). The number of ether oxygens (including phenoxy) is 2. The first-order valence-electron chi connectivity index (χ1n) is 11.9. The van der Waals surface area contributed by atoms with Gasteiger partial charge in [0.15, 0.2) is 5.82 Å². The van der Waals surface area contributed by atoms with Crippen molar-refractivity contribution in [2.45, 2.75) is 19.4 Å². The molecule has 37 heavy (non-hydrogen) atoms. The highest BCUT2D eigenvalue weighted by Gasteiger charge is 2.18. The molecule has 12 heteroatoms. The van der Waals surface area contributed by atoms with E-state index in [-0.39, 0.29) is 6.54 Å². The maximum atomic E-state index is 11.0. The van der Waals surface area contributed by atoms with Gasteiger partial charge in [0, 0.05) is 39.0 Å². The van der Waals surface area contributed by atoms with Crippen LogP contribution in [0.2, 0.25) is 5.02 Å². The molecule has 4 N–H and O–H groups in total. The molecule has 0 spiro atoms. The van der Waals surface area contributed by atoms with Crippen molar-refractivity contribution in [1.82, 2.24) is 19.6 Å². The highest BCUT2D eigenvalue weighted by atomic mass is 35.5. The molecule has 198 valence electrons. The summed E-state index contributed by atoms with van der Waals surface area (Å²) in [5.74, 6) is 1.47. The fraction of sp³-hybridized carbons (Fsp3) is 0.360. The molecule has 0 saturated heterocycles. The lowest BCUT2D eigenvalue weighted by Crippen LogP contribution is -2.29. The Morgan fingerprint density at radius 1 is 1.11 bits per heavy atom. The van der Waals surface area contributed by atoms with E-state index < -0.39 is 11.3 Å². The van der Waals surface area contributed by atoms with E-state index in [1.807, 2.05) is 24.3 Å². The van der Waals surface area contributed by atoms with E-state index in [1.54, 1.807) is 14.2 Å². The number of hydrogen-bond donors (Lipinski definition) is 4. The van der Waals surface area contributed by atoms with Gasteiger partial charge in [0.25, 0.3) is 0 Å². The van der Waals surface area contributed by atoms with E-state index in [0.29, 0.717) is 28.2 Å². The predicted molar refractivity (Wildman–Crippen MR) is 146 cm³/mol. The molecule has 0 aliphatic carbocycles. The summed E-state index contributed by atoms with van der Waals surface area (Å²) in [4.78, 5) is 11.3. The molecule has 0 bridgehead atoms. The number of rotatable bonds is 11. The third-order valence-electron chi connectivity index (χ3n) is 6.18. The number of hydrogen-bond acceptors (Lipinski definition) is 8. The zero-order valence-corrected chi connectivity index (χ0v) is 22.4. The summed E-state index contributed by atoms with van der Waals surface area (Å²) >= 11 is 4.27. The van der Waals surface area contributed by atoms with Gasteiger partial charge in [0.05, 0.1) is 25.6 Å². The van der Waals surface area contributed by atoms with Crippen molar-refractivity contribution in [3.05, 3.63) is 64.3 Å². The summed E-state index contributed by atoms with van der Waals surface area (Å²) in [6.45, 7) is 3.77. The molecule has 10 nitrogen and oxygen atoms in total. The molecule has 1 aromatic heterocycles. The topological polar surface area (TPSA) is 121 Å². The van der Waals surface area contributed by atoms with Gasteiger partial charge in [-0.3, -0.25) is 4.55 Å². The van der Waals surface area contributed by atoms with Gasteiger partial charge in [-0.1, -0.05) is 29.8 Å². The van der Waals surface area contributed by atoms with Crippen LogP contribution < -0.4 is 20.1 Å². The number of nitrogens with one attached hydrogen (secondary N) is 3. The van der Waals surface area contributed by atoms with Crippen LogP contribution in [0.1, 0.15) is 16.7 Å². The van der Waals surface area contributed by atoms with Gasteiger partial charge < -0.3 is 25.0 Å². The zero-order chi connectivity index (χ0) is 26.2. The Morgan fingerprint density at radius 3 is 2.59 bits per heavy atom. The lowest BCUT2D eigenvalue weighted by molar-refractivity contribution is 0.150. The number of nitrogens with zero attached hydrogens (tertiary/aromatic N) is 3. The lowest BCUT2D eigenvalue weighted by atomic mass is 10.0. The summed E-state index contributed by atoms with van der Waals surface area (Å²) in [6, 6.07) is 11.6. The Balaban J connectivity index is 1.54. The first kappa shape index (κ1) is 27.2. The highest BCUT2D eigenvalue weighted by molar-refractivity contribution is 7.77. The molecule has 0 saturated carbocycles. The minimum Gasteiger partial charge on any atom is -0.495 e. The molecule has 1 aliphatic heterocycles. The average molecular weight is 547 g/mol. The Labute approximate surface area is 224 Å². The minimum absolute atomic E-state index is 0.190. The Morgan fingerprint density at radius 2 is 1.86 bits per heavy atom. The molecular formula is C25H31ClN6O4S. The fourth-order valence-electron chi connectivity index (χ4n) is 4.21. The van der Waals surface area contributed by atoms with Gasteiger partial charge in [-0.25, -0.2) is 13.9 Å². The molecule has 0 radical (unpaired) electrons. The second-order valence-electron chi connectivity index (χ2n) is 8.52. The van der Waals surface area contributed by atoms with Crippen molar-refractivity contribution in [2.75, 3.05) is 51.1 Å². The number of anilines is 4. The lowest BCUT2D eigenvalue weighted by Gasteiger charge is -2.18. The molecule has 3 aromatic rings. The van der Waals surface area contributed by atoms with E-state index in [0.717, 1.165) is 50.3 Å². The van der Waals surface area contributed by atoms with Crippen LogP contribution in [0.15, 0.2) is 42.6 Å². The highest BCUT2D eigenvalue weighted by Crippen LogP contribution is 2.33. The summed E-state index contributed by atoms with van der Waals surface area (Å²) < 4.78 is 33.5. The van der Waals surface area contributed by atoms with Crippen LogP contribution in [0.4, 0.5) is 23.1 Å². The van der Waals surface area contributed by atoms with Gasteiger partial charge in [-0.15, -0.1) is 0 Å². The van der Waals surface area contributed by atoms with Crippen LogP contribution in [-0.2, 0) is 35.4 Å². The minimum atomic E-state index is -2.12. The maximum Gasteiger partial charge on any atom is 0.232 e. The molecule has 2 heterocycles. The van der Waals surface area contributed by atoms with Gasteiger partial charge >= 0.3 is 0 Å². The van der Waals surface area contributed by atoms with Crippen LogP contribution in [0, 0.1) is 0 Å². The van der Waals surface area contributed by atoms with Gasteiger partial charge in [-0.2, -0.15) is 4.98 Å². The summed E-state index contributed by atoms with van der Waals surface area (Å²) in [7, 11) is 3.38. The van der Waals surface area contributed by atoms with E-state index in [9.17, 15) is 4.21 Å². The van der Waals surface area contributed by atoms with Crippen molar-refractivity contribution in [1.29, 1.82) is 0 Å².